The number of aromatic nitrogens is 3. The Hall–Kier alpha value is -3.10. The fourth-order valence-electron chi connectivity index (χ4n) is 4.83. The van der Waals surface area contributed by atoms with E-state index in [1.165, 1.54) is 23.8 Å². The van der Waals surface area contributed by atoms with Crippen LogP contribution >= 0.6 is 23.2 Å². The molecule has 208 valence electrons. The van der Waals surface area contributed by atoms with Gasteiger partial charge in [0.2, 0.25) is 5.95 Å². The van der Waals surface area contributed by atoms with Gasteiger partial charge < -0.3 is 10.1 Å². The predicted octanol–water partition coefficient (Wildman–Crippen LogP) is 6.22. The van der Waals surface area contributed by atoms with Crippen LogP contribution in [0.25, 0.3) is 0 Å². The molecule has 1 saturated carbocycles. The Morgan fingerprint density at radius 2 is 1.77 bits per heavy atom. The lowest BCUT2D eigenvalue weighted by Crippen LogP contribution is -2.44. The third-order valence-electron chi connectivity index (χ3n) is 6.85. The van der Waals surface area contributed by atoms with E-state index in [0.29, 0.717) is 33.8 Å². The van der Waals surface area contributed by atoms with Gasteiger partial charge >= 0.3 is 11.4 Å². The van der Waals surface area contributed by atoms with E-state index in [1.54, 1.807) is 42.5 Å². The van der Waals surface area contributed by atoms with E-state index in [0.717, 1.165) is 29.4 Å². The zero-order valence-corrected chi connectivity index (χ0v) is 23.8. The van der Waals surface area contributed by atoms with Gasteiger partial charge in [0.1, 0.15) is 5.75 Å². The Morgan fingerprint density at radius 1 is 1.05 bits per heavy atom. The van der Waals surface area contributed by atoms with Gasteiger partial charge in [-0.2, -0.15) is 4.98 Å². The zero-order chi connectivity index (χ0) is 27.9. The molecular formula is C29H34Cl2N4O4. The van der Waals surface area contributed by atoms with Gasteiger partial charge in [-0.25, -0.2) is 14.2 Å². The molecule has 0 amide bonds. The molecule has 1 aliphatic carbocycles. The Bertz CT molecular complexity index is 1410. The van der Waals surface area contributed by atoms with Crippen molar-refractivity contribution in [3.05, 3.63) is 79.0 Å². The minimum Gasteiger partial charge on any atom is -0.489 e. The first-order valence-electron chi connectivity index (χ1n) is 13.4. The lowest BCUT2D eigenvalue weighted by atomic mass is 9.85. The van der Waals surface area contributed by atoms with Crippen LogP contribution in [0.3, 0.4) is 0 Å². The van der Waals surface area contributed by atoms with Gasteiger partial charge in [0.05, 0.1) is 24.2 Å². The van der Waals surface area contributed by atoms with Gasteiger partial charge in [-0.1, -0.05) is 67.4 Å². The smallest absolute Gasteiger partial charge is 0.355 e. The average molecular weight is 574 g/mol. The van der Waals surface area contributed by atoms with Crippen LogP contribution in [0.4, 0.5) is 11.6 Å². The Labute approximate surface area is 237 Å². The van der Waals surface area contributed by atoms with Crippen molar-refractivity contribution < 1.29 is 9.53 Å². The van der Waals surface area contributed by atoms with Crippen LogP contribution in [-0.2, 0) is 17.9 Å². The second-order valence-corrected chi connectivity index (χ2v) is 11.2. The Morgan fingerprint density at radius 3 is 2.44 bits per heavy atom. The molecule has 0 spiro atoms. The van der Waals surface area contributed by atoms with E-state index >= 15 is 0 Å². The van der Waals surface area contributed by atoms with E-state index in [1.807, 2.05) is 13.8 Å². The number of hydrogen-bond donors (Lipinski definition) is 1. The Kier molecular flexibility index (Phi) is 9.86. The predicted molar refractivity (Wildman–Crippen MR) is 155 cm³/mol. The van der Waals surface area contributed by atoms with Gasteiger partial charge in [-0.15, -0.1) is 0 Å². The van der Waals surface area contributed by atoms with Crippen molar-refractivity contribution in [1.82, 2.24) is 14.1 Å². The number of Topliss-reactive ketones (excluding diaryl/α,β-unsaturated/α-hetero) is 1. The van der Waals surface area contributed by atoms with Crippen LogP contribution in [0.1, 0.15) is 64.4 Å². The maximum atomic E-state index is 13.6. The second-order valence-electron chi connectivity index (χ2n) is 10.3. The number of anilines is 2. The summed E-state index contributed by atoms with van der Waals surface area (Å²) in [6.07, 6.45) is 7.01. The quantitative estimate of drug-likeness (QED) is 0.293. The summed E-state index contributed by atoms with van der Waals surface area (Å²) in [6, 6.07) is 12.1. The molecule has 0 saturated heterocycles. The van der Waals surface area contributed by atoms with Crippen LogP contribution in [0, 0.1) is 5.92 Å². The number of carbonyl (C=O) groups excluding carboxylic acids is 1. The summed E-state index contributed by atoms with van der Waals surface area (Å²) in [4.78, 5) is 43.5. The zero-order valence-electron chi connectivity index (χ0n) is 22.3. The SMILES string of the molecule is CC(C)Oc1ccc(Nc2nc(=O)n(CC(=O)CCC3CCCCC3)c(=O)n2Cc2ccc(Cl)cc2)cc1Cl. The van der Waals surface area contributed by atoms with E-state index in [9.17, 15) is 14.4 Å². The van der Waals surface area contributed by atoms with E-state index in [4.69, 9.17) is 27.9 Å². The first-order valence-corrected chi connectivity index (χ1v) is 14.2. The number of carbonyl (C=O) groups is 1. The lowest BCUT2D eigenvalue weighted by molar-refractivity contribution is -0.120. The molecule has 4 rings (SSSR count). The van der Waals surface area contributed by atoms with E-state index in [-0.39, 0.29) is 30.9 Å². The number of nitrogens with zero attached hydrogens (tertiary/aromatic N) is 3. The summed E-state index contributed by atoms with van der Waals surface area (Å²) < 4.78 is 7.94. The molecule has 0 aliphatic heterocycles. The molecule has 10 heteroatoms. The van der Waals surface area contributed by atoms with Crippen LogP contribution in [0.2, 0.25) is 10.0 Å². The van der Waals surface area contributed by atoms with Gasteiger partial charge in [0, 0.05) is 17.1 Å². The maximum Gasteiger partial charge on any atom is 0.355 e. The van der Waals surface area contributed by atoms with Crippen molar-refractivity contribution in [3.63, 3.8) is 0 Å². The highest BCUT2D eigenvalue weighted by Gasteiger charge is 2.19. The molecule has 1 N–H and O–H groups in total. The number of rotatable bonds is 11. The van der Waals surface area contributed by atoms with Crippen LogP contribution in [0.5, 0.6) is 5.75 Å². The first-order chi connectivity index (χ1) is 18.7. The van der Waals surface area contributed by atoms with Crippen molar-refractivity contribution in [1.29, 1.82) is 0 Å². The number of ether oxygens (including phenoxy) is 1. The Balaban J connectivity index is 1.61. The summed E-state index contributed by atoms with van der Waals surface area (Å²) in [7, 11) is 0. The molecular weight excluding hydrogens is 539 g/mol. The topological polar surface area (TPSA) is 95.2 Å². The van der Waals surface area contributed by atoms with Crippen molar-refractivity contribution in [2.75, 3.05) is 5.32 Å². The fourth-order valence-corrected chi connectivity index (χ4v) is 5.18. The number of ketones is 1. The number of halogens is 2. The largest absolute Gasteiger partial charge is 0.489 e. The third kappa shape index (κ3) is 7.96. The third-order valence-corrected chi connectivity index (χ3v) is 7.39. The van der Waals surface area contributed by atoms with Crippen LogP contribution in [0.15, 0.2) is 52.1 Å². The number of benzene rings is 2. The van der Waals surface area contributed by atoms with Crippen LogP contribution in [-0.4, -0.2) is 26.0 Å². The minimum absolute atomic E-state index is 0.0412. The van der Waals surface area contributed by atoms with E-state index in [2.05, 4.69) is 10.3 Å². The second kappa shape index (κ2) is 13.3. The molecule has 0 radical (unpaired) electrons. The summed E-state index contributed by atoms with van der Waals surface area (Å²) in [6.45, 7) is 3.62. The summed E-state index contributed by atoms with van der Waals surface area (Å²) in [5.41, 5.74) is -0.108. The van der Waals surface area contributed by atoms with Gasteiger partial charge in [-0.05, 0) is 62.1 Å². The molecule has 3 aromatic rings. The van der Waals surface area contributed by atoms with Crippen LogP contribution < -0.4 is 21.4 Å². The first kappa shape index (κ1) is 28.9. The molecule has 1 fully saturated rings. The average Bonchev–Trinajstić information content (AvgIpc) is 2.90. The molecule has 8 nitrogen and oxygen atoms in total. The highest BCUT2D eigenvalue weighted by atomic mass is 35.5. The summed E-state index contributed by atoms with van der Waals surface area (Å²) >= 11 is 12.4. The normalized spacial score (nSPS) is 14.0. The molecule has 2 aromatic carbocycles. The highest BCUT2D eigenvalue weighted by Crippen LogP contribution is 2.30. The van der Waals surface area contributed by atoms with Gasteiger partial charge in [0.25, 0.3) is 0 Å². The molecule has 0 atom stereocenters. The summed E-state index contributed by atoms with van der Waals surface area (Å²) in [5.74, 6) is 0.952. The maximum absolute atomic E-state index is 13.6. The summed E-state index contributed by atoms with van der Waals surface area (Å²) in [5, 5.41) is 3.98. The van der Waals surface area contributed by atoms with Gasteiger partial charge in [-0.3, -0.25) is 9.36 Å². The molecule has 1 heterocycles. The molecule has 39 heavy (non-hydrogen) atoms. The van der Waals surface area contributed by atoms with Crippen molar-refractivity contribution >= 4 is 40.6 Å². The van der Waals surface area contributed by atoms with E-state index < -0.39 is 11.4 Å². The monoisotopic (exact) mass is 572 g/mol. The van der Waals surface area contributed by atoms with Gasteiger partial charge in [0.15, 0.2) is 5.78 Å². The molecule has 0 unspecified atom stereocenters. The molecule has 1 aliphatic rings. The van der Waals surface area contributed by atoms with Crippen molar-refractivity contribution in [2.45, 2.75) is 78.0 Å². The fraction of sp³-hybridized carbons (Fsp3) is 0.448. The lowest BCUT2D eigenvalue weighted by Gasteiger charge is -2.21. The number of nitrogens with one attached hydrogen (secondary N) is 1. The molecule has 1 aromatic heterocycles. The molecule has 0 bridgehead atoms. The standard InChI is InChI=1S/C29H34Cl2N4O4/c1-19(2)39-26-15-13-23(16-25(26)31)32-27-33-28(37)35(18-24(36)14-10-20-6-4-3-5-7-20)29(38)34(27)17-21-8-11-22(30)12-9-21/h8-9,11-13,15-16,19-20H,3-7,10,14,17-18H2,1-2H3,(H,32,33,37). The van der Waals surface area contributed by atoms with Crippen molar-refractivity contribution in [2.24, 2.45) is 5.92 Å². The minimum atomic E-state index is -0.785. The number of hydrogen-bond acceptors (Lipinski definition) is 6. The van der Waals surface area contributed by atoms with Crippen molar-refractivity contribution in [3.8, 4) is 5.75 Å². The highest BCUT2D eigenvalue weighted by molar-refractivity contribution is 6.32.